The number of hydrogen-bond acceptors (Lipinski definition) is 3. The average molecular weight is 371 g/mol. The van der Waals surface area contributed by atoms with Gasteiger partial charge in [0.05, 0.1) is 5.92 Å². The van der Waals surface area contributed by atoms with Crippen LogP contribution >= 0.6 is 0 Å². The van der Waals surface area contributed by atoms with Gasteiger partial charge in [0, 0.05) is 45.6 Å². The van der Waals surface area contributed by atoms with Gasteiger partial charge in [-0.25, -0.2) is 0 Å². The Morgan fingerprint density at radius 1 is 1.04 bits per heavy atom. The molecule has 0 aliphatic carbocycles. The minimum absolute atomic E-state index is 0.0400. The van der Waals surface area contributed by atoms with Crippen LogP contribution < -0.4 is 5.32 Å². The van der Waals surface area contributed by atoms with E-state index in [2.05, 4.69) is 17.4 Å². The van der Waals surface area contributed by atoms with Crippen LogP contribution in [-0.4, -0.2) is 60.2 Å². The molecule has 2 saturated heterocycles. The standard InChI is InChI=1S/C21H29N3O3/c25-19-8-4-13-23(19)14-5-15-24-16-18(9-10-20(24)26)21(27)22-12-11-17-6-2-1-3-7-17/h1-3,6-7,18H,4-5,8-16H2,(H,22,27)/t18-/m0/s1. The maximum absolute atomic E-state index is 12.5. The lowest BCUT2D eigenvalue weighted by atomic mass is 9.96. The first-order chi connectivity index (χ1) is 13.1. The number of carbonyl (C=O) groups is 3. The van der Waals surface area contributed by atoms with Crippen LogP contribution in [0, 0.1) is 5.92 Å². The fourth-order valence-corrected chi connectivity index (χ4v) is 3.86. The highest BCUT2D eigenvalue weighted by molar-refractivity contribution is 5.83. The summed E-state index contributed by atoms with van der Waals surface area (Å²) in [7, 11) is 0. The second kappa shape index (κ2) is 9.53. The molecule has 0 saturated carbocycles. The van der Waals surface area contributed by atoms with Gasteiger partial charge in [0.2, 0.25) is 17.7 Å². The monoisotopic (exact) mass is 371 g/mol. The number of carbonyl (C=O) groups excluding carboxylic acids is 3. The third kappa shape index (κ3) is 5.55. The van der Waals surface area contributed by atoms with Crippen molar-refractivity contribution in [3.63, 3.8) is 0 Å². The molecular weight excluding hydrogens is 342 g/mol. The summed E-state index contributed by atoms with van der Waals surface area (Å²) in [6, 6.07) is 10.1. The van der Waals surface area contributed by atoms with Crippen LogP contribution in [0.1, 0.15) is 37.7 Å². The molecule has 3 rings (SSSR count). The van der Waals surface area contributed by atoms with Gasteiger partial charge in [-0.05, 0) is 31.2 Å². The normalized spacial score (nSPS) is 20.2. The lowest BCUT2D eigenvalue weighted by Gasteiger charge is -2.32. The van der Waals surface area contributed by atoms with Crippen LogP contribution in [0.3, 0.4) is 0 Å². The third-order valence-corrected chi connectivity index (χ3v) is 5.45. The van der Waals surface area contributed by atoms with Crippen LogP contribution in [0.4, 0.5) is 0 Å². The molecule has 0 unspecified atom stereocenters. The number of benzene rings is 1. The Morgan fingerprint density at radius 3 is 2.52 bits per heavy atom. The van der Waals surface area contributed by atoms with E-state index in [4.69, 9.17) is 0 Å². The van der Waals surface area contributed by atoms with Crippen molar-refractivity contribution in [1.82, 2.24) is 15.1 Å². The number of nitrogens with one attached hydrogen (secondary N) is 1. The first-order valence-electron chi connectivity index (χ1n) is 10.0. The Hall–Kier alpha value is -2.37. The quantitative estimate of drug-likeness (QED) is 0.755. The molecule has 2 aliphatic rings. The summed E-state index contributed by atoms with van der Waals surface area (Å²) in [6.45, 7) is 3.26. The Morgan fingerprint density at radius 2 is 1.78 bits per heavy atom. The van der Waals surface area contributed by atoms with E-state index in [-0.39, 0.29) is 23.6 Å². The molecule has 6 nitrogen and oxygen atoms in total. The van der Waals surface area contributed by atoms with Crippen molar-refractivity contribution in [3.05, 3.63) is 35.9 Å². The highest BCUT2D eigenvalue weighted by Gasteiger charge is 2.30. The second-order valence-electron chi connectivity index (χ2n) is 7.44. The highest BCUT2D eigenvalue weighted by atomic mass is 16.2. The molecule has 3 amide bonds. The van der Waals surface area contributed by atoms with Crippen molar-refractivity contribution >= 4 is 17.7 Å². The van der Waals surface area contributed by atoms with Crippen molar-refractivity contribution < 1.29 is 14.4 Å². The summed E-state index contributed by atoms with van der Waals surface area (Å²) in [5.74, 6) is 0.247. The van der Waals surface area contributed by atoms with E-state index < -0.39 is 0 Å². The number of nitrogens with zero attached hydrogens (tertiary/aromatic N) is 2. The molecule has 1 aromatic rings. The summed E-state index contributed by atoms with van der Waals surface area (Å²) < 4.78 is 0. The Labute approximate surface area is 160 Å². The van der Waals surface area contributed by atoms with Gasteiger partial charge in [-0.1, -0.05) is 30.3 Å². The molecule has 0 radical (unpaired) electrons. The van der Waals surface area contributed by atoms with Gasteiger partial charge < -0.3 is 15.1 Å². The van der Waals surface area contributed by atoms with E-state index >= 15 is 0 Å². The molecule has 2 fully saturated rings. The fraction of sp³-hybridized carbons (Fsp3) is 0.571. The van der Waals surface area contributed by atoms with Gasteiger partial charge in [0.15, 0.2) is 0 Å². The van der Waals surface area contributed by atoms with E-state index in [0.717, 1.165) is 25.8 Å². The van der Waals surface area contributed by atoms with E-state index in [1.54, 1.807) is 4.90 Å². The summed E-state index contributed by atoms with van der Waals surface area (Å²) >= 11 is 0. The molecule has 146 valence electrons. The van der Waals surface area contributed by atoms with E-state index in [0.29, 0.717) is 45.4 Å². The van der Waals surface area contributed by atoms with Crippen molar-refractivity contribution in [2.75, 3.05) is 32.7 Å². The molecule has 1 N–H and O–H groups in total. The molecule has 27 heavy (non-hydrogen) atoms. The van der Waals surface area contributed by atoms with Crippen molar-refractivity contribution in [2.24, 2.45) is 5.92 Å². The van der Waals surface area contributed by atoms with E-state index in [9.17, 15) is 14.4 Å². The molecule has 2 aliphatic heterocycles. The lowest BCUT2D eigenvalue weighted by molar-refractivity contribution is -0.138. The summed E-state index contributed by atoms with van der Waals surface area (Å²) in [5.41, 5.74) is 1.20. The zero-order valence-electron chi connectivity index (χ0n) is 15.9. The van der Waals surface area contributed by atoms with Crippen molar-refractivity contribution in [2.45, 2.75) is 38.5 Å². The fourth-order valence-electron chi connectivity index (χ4n) is 3.86. The number of rotatable bonds is 8. The summed E-state index contributed by atoms with van der Waals surface area (Å²) in [6.07, 6.45) is 4.22. The summed E-state index contributed by atoms with van der Waals surface area (Å²) in [5, 5.41) is 3.01. The van der Waals surface area contributed by atoms with Gasteiger partial charge in [0.1, 0.15) is 0 Å². The van der Waals surface area contributed by atoms with Crippen molar-refractivity contribution in [3.8, 4) is 0 Å². The first-order valence-corrected chi connectivity index (χ1v) is 10.0. The first kappa shape index (κ1) is 19.4. The van der Waals surface area contributed by atoms with Crippen molar-refractivity contribution in [1.29, 1.82) is 0 Å². The Bertz CT molecular complexity index is 662. The van der Waals surface area contributed by atoms with Gasteiger partial charge in [-0.15, -0.1) is 0 Å². The topological polar surface area (TPSA) is 69.7 Å². The molecular formula is C21H29N3O3. The van der Waals surface area contributed by atoms with Gasteiger partial charge >= 0.3 is 0 Å². The van der Waals surface area contributed by atoms with Crippen LogP contribution in [0.5, 0.6) is 0 Å². The number of piperidine rings is 1. The molecule has 0 aromatic heterocycles. The van der Waals surface area contributed by atoms with Gasteiger partial charge in [-0.2, -0.15) is 0 Å². The number of likely N-dealkylation sites (tertiary alicyclic amines) is 2. The molecule has 2 heterocycles. The van der Waals surface area contributed by atoms with Crippen LogP contribution in [0.25, 0.3) is 0 Å². The maximum atomic E-state index is 12.5. The van der Waals surface area contributed by atoms with Crippen LogP contribution in [-0.2, 0) is 20.8 Å². The molecule has 1 atom stereocenters. The second-order valence-corrected chi connectivity index (χ2v) is 7.44. The minimum Gasteiger partial charge on any atom is -0.355 e. The SMILES string of the molecule is O=C(NCCc1ccccc1)[C@H]1CCC(=O)N(CCCN2CCCC2=O)C1. The van der Waals surface area contributed by atoms with Crippen LogP contribution in [0.2, 0.25) is 0 Å². The molecule has 0 bridgehead atoms. The predicted octanol–water partition coefficient (Wildman–Crippen LogP) is 1.60. The Balaban J connectivity index is 1.39. The predicted molar refractivity (Wildman–Crippen MR) is 103 cm³/mol. The minimum atomic E-state index is -0.133. The zero-order chi connectivity index (χ0) is 19.1. The van der Waals surface area contributed by atoms with Gasteiger partial charge in [0.25, 0.3) is 0 Å². The third-order valence-electron chi connectivity index (χ3n) is 5.45. The number of hydrogen-bond donors (Lipinski definition) is 1. The van der Waals surface area contributed by atoms with Crippen LogP contribution in [0.15, 0.2) is 30.3 Å². The molecule has 0 spiro atoms. The maximum Gasteiger partial charge on any atom is 0.224 e. The zero-order valence-corrected chi connectivity index (χ0v) is 15.9. The lowest BCUT2D eigenvalue weighted by Crippen LogP contribution is -2.46. The largest absolute Gasteiger partial charge is 0.355 e. The van der Waals surface area contributed by atoms with E-state index in [1.807, 2.05) is 23.1 Å². The average Bonchev–Trinajstić information content (AvgIpc) is 3.09. The van der Waals surface area contributed by atoms with Gasteiger partial charge in [-0.3, -0.25) is 14.4 Å². The molecule has 6 heteroatoms. The highest BCUT2D eigenvalue weighted by Crippen LogP contribution is 2.18. The number of amides is 3. The molecule has 1 aromatic carbocycles. The van der Waals surface area contributed by atoms with E-state index in [1.165, 1.54) is 5.56 Å². The smallest absolute Gasteiger partial charge is 0.224 e. The summed E-state index contributed by atoms with van der Waals surface area (Å²) in [4.78, 5) is 40.0. The Kier molecular flexibility index (Phi) is 6.85.